The molecule has 2 rings (SSSR count). The topological polar surface area (TPSA) is 77.9 Å². The smallest absolute Gasteiger partial charge is 0.243 e. The van der Waals surface area contributed by atoms with E-state index in [1.165, 1.54) is 14.0 Å². The summed E-state index contributed by atoms with van der Waals surface area (Å²) in [6.45, 7) is 3.43. The highest BCUT2D eigenvalue weighted by Gasteiger charge is 2.28. The van der Waals surface area contributed by atoms with Crippen molar-refractivity contribution >= 4 is 21.6 Å². The third kappa shape index (κ3) is 2.81. The molecule has 21 heavy (non-hydrogen) atoms. The third-order valence-corrected chi connectivity index (χ3v) is 5.86. The number of carbonyl (C=O) groups is 1. The van der Waals surface area contributed by atoms with Crippen LogP contribution in [0.2, 0.25) is 0 Å². The van der Waals surface area contributed by atoms with E-state index in [4.69, 9.17) is 5.11 Å². The molecule has 0 saturated carbocycles. The maximum atomic E-state index is 12.5. The van der Waals surface area contributed by atoms with Crippen LogP contribution in [0.3, 0.4) is 0 Å². The minimum absolute atomic E-state index is 0.0969. The number of hydrogen-bond acceptors (Lipinski definition) is 4. The first-order valence-corrected chi connectivity index (χ1v) is 8.23. The van der Waals surface area contributed by atoms with Crippen molar-refractivity contribution in [2.75, 3.05) is 25.1 Å². The molecule has 1 aromatic rings. The summed E-state index contributed by atoms with van der Waals surface area (Å²) in [4.78, 5) is 13.3. The van der Waals surface area contributed by atoms with Crippen LogP contribution in [-0.2, 0) is 21.2 Å². The van der Waals surface area contributed by atoms with Gasteiger partial charge in [-0.25, -0.2) is 8.42 Å². The molecule has 1 aromatic carbocycles. The number of rotatable bonds is 4. The van der Waals surface area contributed by atoms with E-state index in [-0.39, 0.29) is 17.4 Å². The zero-order valence-corrected chi connectivity index (χ0v) is 13.2. The zero-order valence-electron chi connectivity index (χ0n) is 12.4. The summed E-state index contributed by atoms with van der Waals surface area (Å²) >= 11 is 0. The number of fused-ring (bicyclic) bond motifs is 1. The van der Waals surface area contributed by atoms with Gasteiger partial charge in [-0.2, -0.15) is 4.31 Å². The van der Waals surface area contributed by atoms with Crippen molar-refractivity contribution in [3.05, 3.63) is 23.8 Å². The molecule has 1 N–H and O–H groups in total. The Hall–Kier alpha value is -1.44. The number of carbonyl (C=O) groups excluding carboxylic acids is 1. The van der Waals surface area contributed by atoms with Gasteiger partial charge in [0.25, 0.3) is 0 Å². The van der Waals surface area contributed by atoms with Gasteiger partial charge < -0.3 is 10.0 Å². The standard InChI is InChI=1S/C14H20N2O4S/c1-10(9-17)15(3)21(19,20)13-5-4-12-6-7-16(11(2)18)14(12)8-13/h4-5,8,10,17H,6-7,9H2,1-3H3. The van der Waals surface area contributed by atoms with Gasteiger partial charge in [-0.15, -0.1) is 0 Å². The Labute approximate surface area is 125 Å². The van der Waals surface area contributed by atoms with Gasteiger partial charge in [-0.1, -0.05) is 6.07 Å². The van der Waals surface area contributed by atoms with Gasteiger partial charge in [0.2, 0.25) is 15.9 Å². The van der Waals surface area contributed by atoms with E-state index in [1.807, 2.05) is 0 Å². The second kappa shape index (κ2) is 5.75. The Balaban J connectivity index is 2.43. The molecular weight excluding hydrogens is 292 g/mol. The minimum Gasteiger partial charge on any atom is -0.395 e. The average Bonchev–Trinajstić information content (AvgIpc) is 2.88. The Kier molecular flexibility index (Phi) is 4.36. The fourth-order valence-electron chi connectivity index (χ4n) is 2.36. The van der Waals surface area contributed by atoms with Gasteiger partial charge in [-0.05, 0) is 31.0 Å². The summed E-state index contributed by atoms with van der Waals surface area (Å²) in [5, 5.41) is 9.13. The highest BCUT2D eigenvalue weighted by Crippen LogP contribution is 2.31. The molecule has 7 heteroatoms. The number of benzene rings is 1. The lowest BCUT2D eigenvalue weighted by Gasteiger charge is -2.23. The molecule has 1 amide bonds. The molecule has 0 saturated heterocycles. The number of nitrogens with zero attached hydrogens (tertiary/aromatic N) is 2. The Morgan fingerprint density at radius 1 is 1.48 bits per heavy atom. The fraction of sp³-hybridized carbons (Fsp3) is 0.500. The number of sulfonamides is 1. The number of anilines is 1. The normalized spacial score (nSPS) is 16.1. The van der Waals surface area contributed by atoms with E-state index >= 15 is 0 Å². The fourth-order valence-corrected chi connectivity index (χ4v) is 3.74. The lowest BCUT2D eigenvalue weighted by atomic mass is 10.2. The monoisotopic (exact) mass is 312 g/mol. The molecule has 1 unspecified atom stereocenters. The third-order valence-electron chi connectivity index (χ3n) is 3.89. The Morgan fingerprint density at radius 2 is 2.14 bits per heavy atom. The molecule has 0 aromatic heterocycles. The van der Waals surface area contributed by atoms with Crippen LogP contribution in [0.5, 0.6) is 0 Å². The number of amides is 1. The van der Waals surface area contributed by atoms with Crippen LogP contribution in [0.25, 0.3) is 0 Å². The molecule has 116 valence electrons. The first kappa shape index (κ1) is 15.9. The maximum Gasteiger partial charge on any atom is 0.243 e. The van der Waals surface area contributed by atoms with Gasteiger partial charge in [0.05, 0.1) is 11.5 Å². The quantitative estimate of drug-likeness (QED) is 0.883. The van der Waals surface area contributed by atoms with Gasteiger partial charge in [-0.3, -0.25) is 4.79 Å². The number of aliphatic hydroxyl groups is 1. The van der Waals surface area contributed by atoms with E-state index in [2.05, 4.69) is 0 Å². The van der Waals surface area contributed by atoms with Crippen molar-refractivity contribution in [3.8, 4) is 0 Å². The predicted octanol–water partition coefficient (Wildman–Crippen LogP) is 0.597. The molecule has 1 aliphatic rings. The number of hydrogen-bond donors (Lipinski definition) is 1. The van der Waals surface area contributed by atoms with Crippen LogP contribution in [0.4, 0.5) is 5.69 Å². The molecule has 0 bridgehead atoms. The van der Waals surface area contributed by atoms with E-state index in [1.54, 1.807) is 30.0 Å². The van der Waals surface area contributed by atoms with Crippen LogP contribution >= 0.6 is 0 Å². The lowest BCUT2D eigenvalue weighted by Crippen LogP contribution is -2.37. The van der Waals surface area contributed by atoms with Crippen LogP contribution in [0.15, 0.2) is 23.1 Å². The second-order valence-corrected chi connectivity index (χ2v) is 7.26. The SMILES string of the molecule is CC(=O)N1CCc2ccc(S(=O)(=O)N(C)C(C)CO)cc21. The molecule has 0 spiro atoms. The van der Waals surface area contributed by atoms with E-state index < -0.39 is 16.1 Å². The molecule has 0 aliphatic carbocycles. The van der Waals surface area contributed by atoms with Gasteiger partial charge in [0.1, 0.15) is 0 Å². The molecular formula is C14H20N2O4S. The van der Waals surface area contributed by atoms with Crippen LogP contribution in [0.1, 0.15) is 19.4 Å². The Morgan fingerprint density at radius 3 is 2.71 bits per heavy atom. The molecule has 1 aliphatic heterocycles. The van der Waals surface area contributed by atoms with Crippen LogP contribution < -0.4 is 4.90 Å². The van der Waals surface area contributed by atoms with Crippen molar-refractivity contribution in [1.29, 1.82) is 0 Å². The van der Waals surface area contributed by atoms with Gasteiger partial charge in [0.15, 0.2) is 0 Å². The number of likely N-dealkylation sites (N-methyl/N-ethyl adjacent to an activating group) is 1. The van der Waals surface area contributed by atoms with Gasteiger partial charge in [0, 0.05) is 32.2 Å². The van der Waals surface area contributed by atoms with E-state index in [9.17, 15) is 13.2 Å². The van der Waals surface area contributed by atoms with Gasteiger partial charge >= 0.3 is 0 Å². The molecule has 0 radical (unpaired) electrons. The van der Waals surface area contributed by atoms with Crippen LogP contribution in [-0.4, -0.2) is 50.0 Å². The first-order valence-electron chi connectivity index (χ1n) is 6.79. The number of aliphatic hydroxyl groups excluding tert-OH is 1. The summed E-state index contributed by atoms with van der Waals surface area (Å²) in [7, 11) is -2.25. The minimum atomic E-state index is -3.69. The second-order valence-electron chi connectivity index (χ2n) is 5.26. The van der Waals surface area contributed by atoms with E-state index in [0.29, 0.717) is 12.2 Å². The van der Waals surface area contributed by atoms with Crippen molar-refractivity contribution in [1.82, 2.24) is 4.31 Å². The molecule has 1 heterocycles. The van der Waals surface area contributed by atoms with E-state index in [0.717, 1.165) is 16.3 Å². The van der Waals surface area contributed by atoms with Crippen molar-refractivity contribution in [2.24, 2.45) is 0 Å². The molecule has 6 nitrogen and oxygen atoms in total. The summed E-state index contributed by atoms with van der Waals surface area (Å²) in [6, 6.07) is 4.34. The summed E-state index contributed by atoms with van der Waals surface area (Å²) in [5.74, 6) is -0.0969. The first-order chi connectivity index (χ1) is 9.78. The summed E-state index contributed by atoms with van der Waals surface area (Å²) in [5.41, 5.74) is 1.63. The maximum absolute atomic E-state index is 12.5. The predicted molar refractivity (Wildman–Crippen MR) is 79.7 cm³/mol. The highest BCUT2D eigenvalue weighted by molar-refractivity contribution is 7.89. The largest absolute Gasteiger partial charge is 0.395 e. The Bertz CT molecular complexity index is 657. The zero-order chi connectivity index (χ0) is 15.8. The molecule has 0 fully saturated rings. The lowest BCUT2D eigenvalue weighted by molar-refractivity contribution is -0.116. The molecule has 1 atom stereocenters. The van der Waals surface area contributed by atoms with Crippen molar-refractivity contribution in [3.63, 3.8) is 0 Å². The van der Waals surface area contributed by atoms with Crippen molar-refractivity contribution in [2.45, 2.75) is 31.2 Å². The van der Waals surface area contributed by atoms with Crippen LogP contribution in [0, 0.1) is 0 Å². The summed E-state index contributed by atoms with van der Waals surface area (Å²) < 4.78 is 26.2. The average molecular weight is 312 g/mol. The summed E-state index contributed by atoms with van der Waals surface area (Å²) in [6.07, 6.45) is 0.734. The van der Waals surface area contributed by atoms with Crippen molar-refractivity contribution < 1.29 is 18.3 Å². The highest BCUT2D eigenvalue weighted by atomic mass is 32.2.